The quantitative estimate of drug-likeness (QED) is 0.771. The van der Waals surface area contributed by atoms with Gasteiger partial charge in [-0.3, -0.25) is 8.99 Å². The first-order chi connectivity index (χ1) is 11.2. The topological polar surface area (TPSA) is 64.4 Å². The van der Waals surface area contributed by atoms with Crippen molar-refractivity contribution in [3.8, 4) is 5.75 Å². The van der Waals surface area contributed by atoms with Gasteiger partial charge in [-0.1, -0.05) is 15.9 Å². The van der Waals surface area contributed by atoms with Crippen LogP contribution in [0.4, 0.5) is 5.69 Å². The molecule has 1 aromatic heterocycles. The summed E-state index contributed by atoms with van der Waals surface area (Å²) >= 11 is 3.47. The minimum absolute atomic E-state index is 0.0987. The Hall–Kier alpha value is -1.54. The Labute approximate surface area is 150 Å². The molecule has 1 aliphatic heterocycles. The zero-order valence-electron chi connectivity index (χ0n) is 14.0. The SMILES string of the molecule is Cc1cc2c(cc1Br)N(S(=O)(=O)c1cnn(C(C)C)c1)CC(C)O2. The van der Waals surface area contributed by atoms with Gasteiger partial charge in [-0.2, -0.15) is 5.10 Å². The molecule has 1 aliphatic rings. The molecular weight excluding hydrogens is 394 g/mol. The number of hydrogen-bond acceptors (Lipinski definition) is 4. The summed E-state index contributed by atoms with van der Waals surface area (Å²) in [5.41, 5.74) is 1.54. The third kappa shape index (κ3) is 2.93. The molecule has 0 radical (unpaired) electrons. The van der Waals surface area contributed by atoms with E-state index in [0.717, 1.165) is 10.0 Å². The maximum absolute atomic E-state index is 13.1. The molecule has 0 N–H and O–H groups in total. The smallest absolute Gasteiger partial charge is 0.267 e. The van der Waals surface area contributed by atoms with Crippen molar-refractivity contribution >= 4 is 31.6 Å². The Kier molecular flexibility index (Phi) is 4.37. The molecule has 3 rings (SSSR count). The lowest BCUT2D eigenvalue weighted by atomic mass is 10.2. The highest BCUT2D eigenvalue weighted by molar-refractivity contribution is 9.10. The Balaban J connectivity index is 2.10. The van der Waals surface area contributed by atoms with Gasteiger partial charge in [0.2, 0.25) is 0 Å². The molecule has 2 aromatic rings. The number of halogens is 1. The number of aromatic nitrogens is 2. The molecule has 0 amide bonds. The van der Waals surface area contributed by atoms with E-state index in [1.165, 1.54) is 10.5 Å². The van der Waals surface area contributed by atoms with Crippen molar-refractivity contribution in [3.63, 3.8) is 0 Å². The van der Waals surface area contributed by atoms with Crippen molar-refractivity contribution < 1.29 is 13.2 Å². The van der Waals surface area contributed by atoms with Crippen LogP contribution in [-0.2, 0) is 10.0 Å². The molecule has 0 saturated heterocycles. The number of nitrogens with zero attached hydrogens (tertiary/aromatic N) is 3. The van der Waals surface area contributed by atoms with Gasteiger partial charge in [-0.15, -0.1) is 0 Å². The second kappa shape index (κ2) is 6.07. The van der Waals surface area contributed by atoms with Crippen LogP contribution in [-0.4, -0.2) is 30.8 Å². The normalized spacial score (nSPS) is 17.8. The number of ether oxygens (including phenoxy) is 1. The summed E-state index contributed by atoms with van der Waals surface area (Å²) in [4.78, 5) is 0.188. The molecule has 0 aliphatic carbocycles. The van der Waals surface area contributed by atoms with Gasteiger partial charge in [0.25, 0.3) is 10.0 Å². The fourth-order valence-corrected chi connectivity index (χ4v) is 4.43. The van der Waals surface area contributed by atoms with E-state index in [1.807, 2.05) is 33.8 Å². The van der Waals surface area contributed by atoms with Gasteiger partial charge >= 0.3 is 0 Å². The third-order valence-corrected chi connectivity index (χ3v) is 6.54. The van der Waals surface area contributed by atoms with E-state index in [4.69, 9.17) is 4.74 Å². The van der Waals surface area contributed by atoms with Crippen LogP contribution in [0.2, 0.25) is 0 Å². The van der Waals surface area contributed by atoms with Gasteiger partial charge < -0.3 is 4.74 Å². The number of hydrogen-bond donors (Lipinski definition) is 0. The minimum atomic E-state index is -3.70. The zero-order chi connectivity index (χ0) is 17.6. The van der Waals surface area contributed by atoms with E-state index >= 15 is 0 Å². The van der Waals surface area contributed by atoms with Crippen molar-refractivity contribution in [3.05, 3.63) is 34.6 Å². The molecule has 0 spiro atoms. The maximum Gasteiger partial charge on any atom is 0.267 e. The summed E-state index contributed by atoms with van der Waals surface area (Å²) in [6.07, 6.45) is 2.74. The standard InChI is InChI=1S/C16H20BrN3O3S/c1-10(2)19-9-13(7-18-19)24(21,22)20-8-12(4)23-16-5-11(3)14(17)6-15(16)20/h5-7,9-10,12H,8H2,1-4H3. The van der Waals surface area contributed by atoms with E-state index in [0.29, 0.717) is 11.4 Å². The second-order valence-electron chi connectivity index (χ2n) is 6.28. The van der Waals surface area contributed by atoms with E-state index < -0.39 is 10.0 Å². The van der Waals surface area contributed by atoms with Gasteiger partial charge in [-0.05, 0) is 45.4 Å². The Morgan fingerprint density at radius 2 is 2.08 bits per heavy atom. The first kappa shape index (κ1) is 17.3. The fourth-order valence-electron chi connectivity index (χ4n) is 2.61. The number of benzene rings is 1. The summed E-state index contributed by atoms with van der Waals surface area (Å²) in [6, 6.07) is 3.75. The van der Waals surface area contributed by atoms with E-state index in [2.05, 4.69) is 21.0 Å². The third-order valence-electron chi connectivity index (χ3n) is 3.95. The van der Waals surface area contributed by atoms with E-state index in [9.17, 15) is 8.42 Å². The number of anilines is 1. The summed E-state index contributed by atoms with van der Waals surface area (Å²) in [5.74, 6) is 0.578. The van der Waals surface area contributed by atoms with Crippen molar-refractivity contribution in [2.75, 3.05) is 10.8 Å². The monoisotopic (exact) mass is 413 g/mol. The maximum atomic E-state index is 13.1. The van der Waals surface area contributed by atoms with Crippen LogP contribution in [0.3, 0.4) is 0 Å². The van der Waals surface area contributed by atoms with Crippen LogP contribution in [0.1, 0.15) is 32.4 Å². The zero-order valence-corrected chi connectivity index (χ0v) is 16.4. The fraction of sp³-hybridized carbons (Fsp3) is 0.438. The van der Waals surface area contributed by atoms with Gasteiger partial charge in [0, 0.05) is 16.7 Å². The lowest BCUT2D eigenvalue weighted by Gasteiger charge is -2.34. The summed E-state index contributed by atoms with van der Waals surface area (Å²) in [5, 5.41) is 4.15. The molecule has 0 bridgehead atoms. The predicted molar refractivity (Wildman–Crippen MR) is 96.1 cm³/mol. The molecule has 6 nitrogen and oxygen atoms in total. The summed E-state index contributed by atoms with van der Waals surface area (Å²) in [7, 11) is -3.70. The highest BCUT2D eigenvalue weighted by atomic mass is 79.9. The molecule has 8 heteroatoms. The first-order valence-electron chi connectivity index (χ1n) is 7.74. The van der Waals surface area contributed by atoms with E-state index in [1.54, 1.807) is 16.9 Å². The largest absolute Gasteiger partial charge is 0.487 e. The van der Waals surface area contributed by atoms with Gasteiger partial charge in [0.1, 0.15) is 16.7 Å². The van der Waals surface area contributed by atoms with Crippen molar-refractivity contribution in [2.45, 2.75) is 44.7 Å². The lowest BCUT2D eigenvalue weighted by molar-refractivity contribution is 0.219. The minimum Gasteiger partial charge on any atom is -0.487 e. The molecule has 0 fully saturated rings. The lowest BCUT2D eigenvalue weighted by Crippen LogP contribution is -2.42. The van der Waals surface area contributed by atoms with Crippen molar-refractivity contribution in [2.24, 2.45) is 0 Å². The summed E-state index contributed by atoms with van der Waals surface area (Å²) < 4.78 is 36.0. The Bertz CT molecular complexity index is 877. The van der Waals surface area contributed by atoms with Crippen LogP contribution in [0.25, 0.3) is 0 Å². The Morgan fingerprint density at radius 1 is 1.38 bits per heavy atom. The van der Waals surface area contributed by atoms with Crippen LogP contribution in [0.5, 0.6) is 5.75 Å². The predicted octanol–water partition coefficient (Wildman–Crippen LogP) is 3.51. The van der Waals surface area contributed by atoms with Crippen molar-refractivity contribution in [1.29, 1.82) is 0 Å². The number of fused-ring (bicyclic) bond motifs is 1. The average molecular weight is 414 g/mol. The summed E-state index contributed by atoms with van der Waals surface area (Å²) in [6.45, 7) is 7.97. The average Bonchev–Trinajstić information content (AvgIpc) is 2.99. The van der Waals surface area contributed by atoms with Crippen LogP contribution in [0.15, 0.2) is 33.9 Å². The highest BCUT2D eigenvalue weighted by Gasteiger charge is 2.34. The highest BCUT2D eigenvalue weighted by Crippen LogP contribution is 2.40. The van der Waals surface area contributed by atoms with Crippen LogP contribution in [0, 0.1) is 6.92 Å². The molecule has 0 saturated carbocycles. The number of rotatable bonds is 3. The number of aryl methyl sites for hydroxylation is 1. The molecule has 1 atom stereocenters. The Morgan fingerprint density at radius 3 is 2.71 bits per heavy atom. The van der Waals surface area contributed by atoms with Crippen LogP contribution >= 0.6 is 15.9 Å². The molecule has 24 heavy (non-hydrogen) atoms. The van der Waals surface area contributed by atoms with Gasteiger partial charge in [0.05, 0.1) is 18.4 Å². The molecule has 1 unspecified atom stereocenters. The molecule has 130 valence electrons. The number of sulfonamides is 1. The first-order valence-corrected chi connectivity index (χ1v) is 9.97. The molecule has 1 aromatic carbocycles. The molecular formula is C16H20BrN3O3S. The van der Waals surface area contributed by atoms with Crippen molar-refractivity contribution in [1.82, 2.24) is 9.78 Å². The van der Waals surface area contributed by atoms with E-state index in [-0.39, 0.29) is 23.6 Å². The van der Waals surface area contributed by atoms with Gasteiger partial charge in [0.15, 0.2) is 0 Å². The van der Waals surface area contributed by atoms with Gasteiger partial charge in [-0.25, -0.2) is 8.42 Å². The second-order valence-corrected chi connectivity index (χ2v) is 9.00. The van der Waals surface area contributed by atoms with Crippen LogP contribution < -0.4 is 9.04 Å². The molecule has 2 heterocycles.